The van der Waals surface area contributed by atoms with Crippen LogP contribution in [0.3, 0.4) is 0 Å². The molecule has 2 aromatic heterocycles. The van der Waals surface area contributed by atoms with E-state index in [4.69, 9.17) is 10.2 Å². The highest BCUT2D eigenvalue weighted by molar-refractivity contribution is 7.07. The molecule has 0 spiro atoms. The molecule has 1 atom stereocenters. The summed E-state index contributed by atoms with van der Waals surface area (Å²) in [5.74, 6) is 0. The molecule has 0 aromatic carbocycles. The Labute approximate surface area is 91.3 Å². The lowest BCUT2D eigenvalue weighted by Crippen LogP contribution is -2.17. The van der Waals surface area contributed by atoms with Gasteiger partial charge in [-0.15, -0.1) is 0 Å². The molecule has 0 amide bonds. The predicted octanol–water partition coefficient (Wildman–Crippen LogP) is 1.76. The van der Waals surface area contributed by atoms with Crippen LogP contribution in [0.2, 0.25) is 0 Å². The summed E-state index contributed by atoms with van der Waals surface area (Å²) in [6.07, 6.45) is 0.922. The van der Waals surface area contributed by atoms with Gasteiger partial charge in [-0.25, -0.2) is 0 Å². The number of rotatable bonds is 4. The molecule has 0 bridgehead atoms. The molecular weight excluding hydrogens is 212 g/mol. The van der Waals surface area contributed by atoms with Crippen LogP contribution in [0.25, 0.3) is 0 Å². The Morgan fingerprint density at radius 1 is 1.60 bits per heavy atom. The Morgan fingerprint density at radius 3 is 3.07 bits per heavy atom. The number of thiophene rings is 1. The molecule has 0 saturated carbocycles. The predicted molar refractivity (Wildman–Crippen MR) is 59.8 cm³/mol. The summed E-state index contributed by atoms with van der Waals surface area (Å²) in [5, 5.41) is 14.6. The van der Waals surface area contributed by atoms with Crippen molar-refractivity contribution in [3.05, 3.63) is 22.4 Å². The Balaban J connectivity index is 1.90. The minimum Gasteiger partial charge on any atom is -0.390 e. The molecule has 3 N–H and O–H groups in total. The van der Waals surface area contributed by atoms with E-state index in [0.29, 0.717) is 6.01 Å². The highest BCUT2D eigenvalue weighted by Gasteiger charge is 2.08. The number of hydrogen-bond acceptors (Lipinski definition) is 6. The van der Waals surface area contributed by atoms with Gasteiger partial charge < -0.3 is 15.5 Å². The van der Waals surface area contributed by atoms with Crippen molar-refractivity contribution in [2.45, 2.75) is 19.4 Å². The lowest BCUT2D eigenvalue weighted by molar-refractivity contribution is 0.575. The normalized spacial score (nSPS) is 12.6. The summed E-state index contributed by atoms with van der Waals surface area (Å²) in [7, 11) is 0. The summed E-state index contributed by atoms with van der Waals surface area (Å²) >= 11 is 1.69. The molecule has 0 radical (unpaired) electrons. The van der Waals surface area contributed by atoms with Crippen LogP contribution in [-0.4, -0.2) is 16.2 Å². The van der Waals surface area contributed by atoms with Gasteiger partial charge in [0.05, 0.1) is 0 Å². The number of nitrogen functional groups attached to an aromatic ring is 1. The Hall–Kier alpha value is -1.56. The molecule has 5 nitrogen and oxygen atoms in total. The molecule has 0 aliphatic carbocycles. The van der Waals surface area contributed by atoms with E-state index >= 15 is 0 Å². The number of hydrogen-bond donors (Lipinski definition) is 2. The molecule has 0 aliphatic rings. The average molecular weight is 224 g/mol. The molecule has 15 heavy (non-hydrogen) atoms. The monoisotopic (exact) mass is 224 g/mol. The van der Waals surface area contributed by atoms with Crippen molar-refractivity contribution < 1.29 is 4.42 Å². The van der Waals surface area contributed by atoms with Crippen molar-refractivity contribution in [1.29, 1.82) is 0 Å². The maximum Gasteiger partial charge on any atom is 0.317 e. The summed E-state index contributed by atoms with van der Waals surface area (Å²) in [6, 6.07) is 2.79. The van der Waals surface area contributed by atoms with E-state index in [2.05, 4.69) is 39.3 Å². The van der Waals surface area contributed by atoms with Gasteiger partial charge in [0.2, 0.25) is 0 Å². The zero-order valence-corrected chi connectivity index (χ0v) is 9.12. The lowest BCUT2D eigenvalue weighted by Gasteiger charge is -2.09. The molecular formula is C9H12N4OS. The fourth-order valence-corrected chi connectivity index (χ4v) is 2.00. The van der Waals surface area contributed by atoms with Gasteiger partial charge in [0.1, 0.15) is 0 Å². The average Bonchev–Trinajstić information content (AvgIpc) is 2.77. The standard InChI is InChI=1S/C9H12N4OS/c1-6(4-7-2-3-15-5-7)11-9-13-12-8(10)14-9/h2-3,5-6H,4H2,1H3,(H2,10,12)(H,11,13). The zero-order chi connectivity index (χ0) is 10.7. The zero-order valence-electron chi connectivity index (χ0n) is 8.30. The van der Waals surface area contributed by atoms with E-state index in [1.165, 1.54) is 5.56 Å². The lowest BCUT2D eigenvalue weighted by atomic mass is 10.1. The van der Waals surface area contributed by atoms with Crippen molar-refractivity contribution in [1.82, 2.24) is 10.2 Å². The second-order valence-corrected chi connectivity index (χ2v) is 4.11. The van der Waals surface area contributed by atoms with Crippen LogP contribution >= 0.6 is 11.3 Å². The molecule has 0 saturated heterocycles. The van der Waals surface area contributed by atoms with Gasteiger partial charge in [0.25, 0.3) is 0 Å². The van der Waals surface area contributed by atoms with Crippen LogP contribution in [0.15, 0.2) is 21.2 Å². The first-order valence-electron chi connectivity index (χ1n) is 4.60. The summed E-state index contributed by atoms with van der Waals surface area (Å²) in [4.78, 5) is 0. The Bertz CT molecular complexity index is 411. The highest BCUT2D eigenvalue weighted by Crippen LogP contribution is 2.12. The number of nitrogens with zero attached hydrogens (tertiary/aromatic N) is 2. The van der Waals surface area contributed by atoms with Crippen LogP contribution < -0.4 is 11.1 Å². The minimum absolute atomic E-state index is 0.0835. The Kier molecular flexibility index (Phi) is 2.86. The van der Waals surface area contributed by atoms with E-state index in [1.807, 2.05) is 0 Å². The van der Waals surface area contributed by atoms with Gasteiger partial charge in [-0.1, -0.05) is 10.2 Å². The molecule has 2 rings (SSSR count). The van der Waals surface area contributed by atoms with Crippen LogP contribution in [0.5, 0.6) is 0 Å². The second-order valence-electron chi connectivity index (χ2n) is 3.33. The second kappa shape index (κ2) is 4.31. The number of nitrogens with one attached hydrogen (secondary N) is 1. The van der Waals surface area contributed by atoms with Crippen LogP contribution in [-0.2, 0) is 6.42 Å². The maximum absolute atomic E-state index is 5.31. The van der Waals surface area contributed by atoms with Crippen LogP contribution in [0.4, 0.5) is 12.0 Å². The third-order valence-electron chi connectivity index (χ3n) is 1.93. The molecule has 2 aromatic rings. The summed E-state index contributed by atoms with van der Waals surface area (Å²) in [6.45, 7) is 2.05. The van der Waals surface area contributed by atoms with Gasteiger partial charge >= 0.3 is 12.0 Å². The van der Waals surface area contributed by atoms with Crippen LogP contribution in [0.1, 0.15) is 12.5 Å². The summed E-state index contributed by atoms with van der Waals surface area (Å²) in [5.41, 5.74) is 6.61. The SMILES string of the molecule is CC(Cc1ccsc1)Nc1nnc(N)o1. The fraction of sp³-hybridized carbons (Fsp3) is 0.333. The first kappa shape index (κ1) is 9.97. The fourth-order valence-electron chi connectivity index (χ4n) is 1.32. The number of anilines is 2. The molecule has 2 heterocycles. The van der Waals surface area contributed by atoms with E-state index < -0.39 is 0 Å². The minimum atomic E-state index is 0.0835. The van der Waals surface area contributed by atoms with Crippen LogP contribution in [0, 0.1) is 0 Å². The third-order valence-corrected chi connectivity index (χ3v) is 2.66. The van der Waals surface area contributed by atoms with E-state index in [1.54, 1.807) is 11.3 Å². The first-order valence-corrected chi connectivity index (χ1v) is 5.55. The number of aromatic nitrogens is 2. The highest BCUT2D eigenvalue weighted by atomic mass is 32.1. The largest absolute Gasteiger partial charge is 0.390 e. The third kappa shape index (κ3) is 2.69. The summed E-state index contributed by atoms with van der Waals surface area (Å²) < 4.78 is 5.02. The van der Waals surface area contributed by atoms with Crippen molar-refractivity contribution in [3.8, 4) is 0 Å². The molecule has 0 fully saturated rings. The quantitative estimate of drug-likeness (QED) is 0.827. The van der Waals surface area contributed by atoms with Crippen molar-refractivity contribution in [2.24, 2.45) is 0 Å². The number of nitrogens with two attached hydrogens (primary N) is 1. The van der Waals surface area contributed by atoms with E-state index in [0.717, 1.165) is 6.42 Å². The van der Waals surface area contributed by atoms with Crippen molar-refractivity contribution >= 4 is 23.4 Å². The van der Waals surface area contributed by atoms with E-state index in [9.17, 15) is 0 Å². The Morgan fingerprint density at radius 2 is 2.47 bits per heavy atom. The van der Waals surface area contributed by atoms with E-state index in [-0.39, 0.29) is 12.1 Å². The van der Waals surface area contributed by atoms with Gasteiger partial charge in [0.15, 0.2) is 0 Å². The van der Waals surface area contributed by atoms with Gasteiger partial charge in [-0.05, 0) is 35.7 Å². The van der Waals surface area contributed by atoms with Gasteiger partial charge in [-0.3, -0.25) is 0 Å². The molecule has 80 valence electrons. The molecule has 1 unspecified atom stereocenters. The maximum atomic E-state index is 5.31. The van der Waals surface area contributed by atoms with Gasteiger partial charge in [-0.2, -0.15) is 11.3 Å². The smallest absolute Gasteiger partial charge is 0.317 e. The topological polar surface area (TPSA) is 77.0 Å². The van der Waals surface area contributed by atoms with Crippen molar-refractivity contribution in [2.75, 3.05) is 11.1 Å². The van der Waals surface area contributed by atoms with Crippen molar-refractivity contribution in [3.63, 3.8) is 0 Å². The van der Waals surface area contributed by atoms with Gasteiger partial charge in [0, 0.05) is 6.04 Å². The molecule has 0 aliphatic heterocycles. The first-order chi connectivity index (χ1) is 7.24. The molecule has 6 heteroatoms.